The van der Waals surface area contributed by atoms with Crippen LogP contribution in [0, 0.1) is 12.7 Å². The second-order valence-corrected chi connectivity index (χ2v) is 7.52. The number of esters is 1. The van der Waals surface area contributed by atoms with Crippen LogP contribution >= 0.6 is 0 Å². The van der Waals surface area contributed by atoms with Crippen molar-refractivity contribution in [2.24, 2.45) is 0 Å². The number of ether oxygens (including phenoxy) is 1. The lowest BCUT2D eigenvalue weighted by Gasteiger charge is -2.14. The molecule has 0 spiro atoms. The van der Waals surface area contributed by atoms with Gasteiger partial charge in [0.1, 0.15) is 5.82 Å². The van der Waals surface area contributed by atoms with Crippen LogP contribution in [0.4, 0.5) is 4.39 Å². The fourth-order valence-electron chi connectivity index (χ4n) is 3.44. The van der Waals surface area contributed by atoms with Crippen molar-refractivity contribution in [3.63, 3.8) is 0 Å². The molecule has 1 aromatic heterocycles. The molecule has 0 bridgehead atoms. The highest BCUT2D eigenvalue weighted by atomic mass is 19.1. The van der Waals surface area contributed by atoms with E-state index < -0.39 is 18.2 Å². The molecule has 2 N–H and O–H groups in total. The molecule has 2 aromatic carbocycles. The highest BCUT2D eigenvalue weighted by Crippen LogP contribution is 2.31. The Kier molecular flexibility index (Phi) is 7.87. The molecule has 0 radical (unpaired) electrons. The van der Waals surface area contributed by atoms with Crippen molar-refractivity contribution >= 4 is 12.0 Å². The molecule has 6 heteroatoms. The third-order valence-corrected chi connectivity index (χ3v) is 5.10. The lowest BCUT2D eigenvalue weighted by molar-refractivity contribution is -0.143. The Hall–Kier alpha value is -3.35. The van der Waals surface area contributed by atoms with Crippen LogP contribution in [0.25, 0.3) is 28.5 Å². The molecule has 2 unspecified atom stereocenters. The molecule has 0 amide bonds. The number of aliphatic hydroxyl groups is 2. The van der Waals surface area contributed by atoms with Crippen LogP contribution in [0.5, 0.6) is 0 Å². The normalized spacial score (nSPS) is 13.2. The second kappa shape index (κ2) is 10.8. The van der Waals surface area contributed by atoms with Gasteiger partial charge >= 0.3 is 5.97 Å². The zero-order valence-electron chi connectivity index (χ0n) is 18.0. The number of aromatic nitrogens is 1. The summed E-state index contributed by atoms with van der Waals surface area (Å²) in [4.78, 5) is 16.0. The zero-order valence-corrected chi connectivity index (χ0v) is 18.0. The van der Waals surface area contributed by atoms with Crippen molar-refractivity contribution in [2.45, 2.75) is 32.0 Å². The quantitative estimate of drug-likeness (QED) is 0.508. The SMILES string of the molecule is COC(=O)CC(O)CC(O)C=Cc1c(-c2ccc(F)cc2)cc(-c2ccccc2)nc1C. The van der Waals surface area contributed by atoms with E-state index in [1.54, 1.807) is 24.3 Å². The van der Waals surface area contributed by atoms with Gasteiger partial charge in [-0.1, -0.05) is 54.6 Å². The molecule has 3 rings (SSSR count). The van der Waals surface area contributed by atoms with E-state index in [0.717, 1.165) is 33.6 Å². The molecule has 3 aromatic rings. The molecule has 5 nitrogen and oxygen atoms in total. The lowest BCUT2D eigenvalue weighted by Crippen LogP contribution is -2.20. The summed E-state index contributed by atoms with van der Waals surface area (Å²) in [7, 11) is 1.25. The van der Waals surface area contributed by atoms with Gasteiger partial charge in [0.2, 0.25) is 0 Å². The number of aryl methyl sites for hydroxylation is 1. The van der Waals surface area contributed by atoms with Gasteiger partial charge in [0.25, 0.3) is 0 Å². The van der Waals surface area contributed by atoms with Crippen LogP contribution in [0.1, 0.15) is 24.1 Å². The van der Waals surface area contributed by atoms with Crippen LogP contribution in [-0.4, -0.2) is 40.5 Å². The Balaban J connectivity index is 1.94. The first-order valence-corrected chi connectivity index (χ1v) is 10.3. The maximum Gasteiger partial charge on any atom is 0.308 e. The molecular formula is C26H26FNO4. The number of methoxy groups -OCH3 is 1. The Labute approximate surface area is 186 Å². The summed E-state index contributed by atoms with van der Waals surface area (Å²) in [6.07, 6.45) is 1.12. The number of benzene rings is 2. The predicted octanol–water partition coefficient (Wildman–Crippen LogP) is 4.55. The number of pyridine rings is 1. The highest BCUT2D eigenvalue weighted by molar-refractivity contribution is 5.80. The van der Waals surface area contributed by atoms with E-state index in [9.17, 15) is 19.4 Å². The van der Waals surface area contributed by atoms with Crippen molar-refractivity contribution in [2.75, 3.05) is 7.11 Å². The number of nitrogens with zero attached hydrogens (tertiary/aromatic N) is 1. The highest BCUT2D eigenvalue weighted by Gasteiger charge is 2.16. The minimum atomic E-state index is -1.02. The van der Waals surface area contributed by atoms with Gasteiger partial charge in [-0.3, -0.25) is 9.78 Å². The lowest BCUT2D eigenvalue weighted by atomic mass is 9.95. The van der Waals surface area contributed by atoms with E-state index in [2.05, 4.69) is 4.74 Å². The fourth-order valence-corrected chi connectivity index (χ4v) is 3.44. The molecule has 166 valence electrons. The fraction of sp³-hybridized carbons (Fsp3) is 0.231. The molecule has 2 atom stereocenters. The van der Waals surface area contributed by atoms with Crippen LogP contribution in [0.3, 0.4) is 0 Å². The van der Waals surface area contributed by atoms with E-state index in [1.807, 2.05) is 43.3 Å². The van der Waals surface area contributed by atoms with Crippen molar-refractivity contribution in [1.29, 1.82) is 0 Å². The van der Waals surface area contributed by atoms with Gasteiger partial charge in [-0.05, 0) is 36.2 Å². The van der Waals surface area contributed by atoms with Crippen molar-refractivity contribution in [3.05, 3.63) is 83.8 Å². The maximum atomic E-state index is 13.5. The average Bonchev–Trinajstić information content (AvgIpc) is 2.78. The average molecular weight is 435 g/mol. The molecule has 32 heavy (non-hydrogen) atoms. The first kappa shape index (κ1) is 23.3. The molecule has 0 aliphatic carbocycles. The van der Waals surface area contributed by atoms with Crippen LogP contribution < -0.4 is 0 Å². The standard InChI is InChI=1S/C26H26FNO4/c1-17-23(13-12-21(29)14-22(30)15-26(31)32-2)24(18-8-10-20(27)11-9-18)16-25(28-17)19-6-4-3-5-7-19/h3-13,16,21-22,29-30H,14-15H2,1-2H3. The summed E-state index contributed by atoms with van der Waals surface area (Å²) in [5.41, 5.74) is 4.92. The smallest absolute Gasteiger partial charge is 0.308 e. The molecule has 1 heterocycles. The largest absolute Gasteiger partial charge is 0.469 e. The number of carbonyl (C=O) groups is 1. The third-order valence-electron chi connectivity index (χ3n) is 5.10. The van der Waals surface area contributed by atoms with Crippen LogP contribution in [0.2, 0.25) is 0 Å². The molecule has 0 aliphatic rings. The van der Waals surface area contributed by atoms with E-state index in [4.69, 9.17) is 4.98 Å². The van der Waals surface area contributed by atoms with Gasteiger partial charge in [0.05, 0.1) is 31.4 Å². The maximum absolute atomic E-state index is 13.5. The van der Waals surface area contributed by atoms with E-state index in [-0.39, 0.29) is 18.7 Å². The second-order valence-electron chi connectivity index (χ2n) is 7.52. The zero-order chi connectivity index (χ0) is 23.1. The molecule has 0 saturated heterocycles. The molecule has 0 aliphatic heterocycles. The first-order valence-electron chi connectivity index (χ1n) is 10.3. The van der Waals surface area contributed by atoms with Gasteiger partial charge in [-0.15, -0.1) is 0 Å². The van der Waals surface area contributed by atoms with Gasteiger partial charge in [0, 0.05) is 23.2 Å². The third kappa shape index (κ3) is 6.09. The summed E-state index contributed by atoms with van der Waals surface area (Å²) in [5.74, 6) is -0.862. The Morgan fingerprint density at radius 3 is 2.44 bits per heavy atom. The van der Waals surface area contributed by atoms with E-state index in [0.29, 0.717) is 0 Å². The minimum Gasteiger partial charge on any atom is -0.469 e. The summed E-state index contributed by atoms with van der Waals surface area (Å²) in [6.45, 7) is 1.87. The van der Waals surface area contributed by atoms with Gasteiger partial charge < -0.3 is 14.9 Å². The Morgan fingerprint density at radius 1 is 1.09 bits per heavy atom. The monoisotopic (exact) mass is 435 g/mol. The minimum absolute atomic E-state index is 0.00788. The topological polar surface area (TPSA) is 79.7 Å². The summed E-state index contributed by atoms with van der Waals surface area (Å²) in [6, 6.07) is 17.9. The number of rotatable bonds is 8. The molecule has 0 saturated carbocycles. The Morgan fingerprint density at radius 2 is 1.78 bits per heavy atom. The number of hydrogen-bond donors (Lipinski definition) is 2. The Bertz CT molecular complexity index is 1080. The van der Waals surface area contributed by atoms with Gasteiger partial charge in [-0.25, -0.2) is 4.39 Å². The van der Waals surface area contributed by atoms with Crippen LogP contribution in [-0.2, 0) is 9.53 Å². The summed E-state index contributed by atoms with van der Waals surface area (Å²) >= 11 is 0. The van der Waals surface area contributed by atoms with Crippen molar-refractivity contribution in [3.8, 4) is 22.4 Å². The van der Waals surface area contributed by atoms with Gasteiger partial charge in [-0.2, -0.15) is 0 Å². The predicted molar refractivity (Wildman–Crippen MR) is 122 cm³/mol. The number of hydrogen-bond acceptors (Lipinski definition) is 5. The number of aliphatic hydroxyl groups excluding tert-OH is 2. The first-order chi connectivity index (χ1) is 15.4. The van der Waals surface area contributed by atoms with E-state index >= 15 is 0 Å². The van der Waals surface area contributed by atoms with Crippen molar-refractivity contribution in [1.82, 2.24) is 4.98 Å². The summed E-state index contributed by atoms with van der Waals surface area (Å²) in [5, 5.41) is 20.3. The van der Waals surface area contributed by atoms with E-state index in [1.165, 1.54) is 19.2 Å². The number of carbonyl (C=O) groups excluding carboxylic acids is 1. The molecule has 0 fully saturated rings. The summed E-state index contributed by atoms with van der Waals surface area (Å²) < 4.78 is 18.0. The van der Waals surface area contributed by atoms with Gasteiger partial charge in [0.15, 0.2) is 0 Å². The van der Waals surface area contributed by atoms with Crippen LogP contribution in [0.15, 0.2) is 66.7 Å². The number of halogens is 1. The molecular weight excluding hydrogens is 409 g/mol. The van der Waals surface area contributed by atoms with Crippen molar-refractivity contribution < 1.29 is 24.1 Å².